The van der Waals surface area contributed by atoms with Crippen LogP contribution in [0.4, 0.5) is 10.8 Å². The highest BCUT2D eigenvalue weighted by Crippen LogP contribution is 2.29. The molecular weight excluding hydrogens is 370 g/mol. The number of rotatable bonds is 4. The van der Waals surface area contributed by atoms with E-state index in [9.17, 15) is 18.5 Å². The molecular formula is C10H8BrN3O4S2. The first-order valence-electron chi connectivity index (χ1n) is 5.19. The Labute approximate surface area is 127 Å². The highest BCUT2D eigenvalue weighted by molar-refractivity contribution is 9.10. The van der Waals surface area contributed by atoms with E-state index in [0.29, 0.717) is 4.47 Å². The third-order valence-electron chi connectivity index (χ3n) is 2.25. The number of halogens is 1. The molecule has 0 amide bonds. The number of nitro benzene ring substituents is 1. The minimum atomic E-state index is -4.07. The summed E-state index contributed by atoms with van der Waals surface area (Å²) in [6, 6.07) is 3.72. The van der Waals surface area contributed by atoms with Gasteiger partial charge >= 0.3 is 0 Å². The predicted molar refractivity (Wildman–Crippen MR) is 78.5 cm³/mol. The van der Waals surface area contributed by atoms with Crippen LogP contribution in [0.1, 0.15) is 4.88 Å². The quantitative estimate of drug-likeness (QED) is 0.651. The third kappa shape index (κ3) is 3.14. The number of nitrogens with zero attached hydrogens (tertiary/aromatic N) is 2. The van der Waals surface area contributed by atoms with E-state index in [0.717, 1.165) is 22.3 Å². The molecule has 1 aromatic carbocycles. The van der Waals surface area contributed by atoms with Crippen molar-refractivity contribution in [2.24, 2.45) is 0 Å². The van der Waals surface area contributed by atoms with Crippen LogP contribution >= 0.6 is 27.3 Å². The maximum absolute atomic E-state index is 12.2. The third-order valence-corrected chi connectivity index (χ3v) is 5.07. The Morgan fingerprint density at radius 3 is 2.70 bits per heavy atom. The predicted octanol–water partition coefficient (Wildman–Crippen LogP) is 2.92. The molecule has 10 heteroatoms. The molecule has 0 saturated heterocycles. The molecule has 0 aliphatic rings. The van der Waals surface area contributed by atoms with Crippen molar-refractivity contribution in [1.82, 2.24) is 4.98 Å². The van der Waals surface area contributed by atoms with Crippen molar-refractivity contribution in [3.8, 4) is 0 Å². The standard InChI is InChI=1S/C10H8BrN3O4S2/c1-6-5-12-10(19-6)13-20(17,18)9-4-7(11)2-3-8(9)14(15)16/h2-5H,1H3,(H,12,13). The van der Waals surface area contributed by atoms with Crippen molar-refractivity contribution < 1.29 is 13.3 Å². The molecule has 0 aliphatic heterocycles. The summed E-state index contributed by atoms with van der Waals surface area (Å²) in [4.78, 5) is 14.5. The van der Waals surface area contributed by atoms with Crippen LogP contribution in [0.15, 0.2) is 33.8 Å². The van der Waals surface area contributed by atoms with Gasteiger partial charge in [-0.05, 0) is 19.1 Å². The number of aryl methyl sites for hydroxylation is 1. The Morgan fingerprint density at radius 2 is 2.15 bits per heavy atom. The van der Waals surface area contributed by atoms with E-state index in [1.807, 2.05) is 0 Å². The van der Waals surface area contributed by atoms with E-state index in [4.69, 9.17) is 0 Å². The molecule has 0 bridgehead atoms. The molecule has 1 heterocycles. The highest BCUT2D eigenvalue weighted by atomic mass is 79.9. The molecule has 0 aliphatic carbocycles. The van der Waals surface area contributed by atoms with Gasteiger partial charge in [0.2, 0.25) is 0 Å². The van der Waals surface area contributed by atoms with Gasteiger partial charge in [-0.3, -0.25) is 14.8 Å². The average Bonchev–Trinajstić information content (AvgIpc) is 2.73. The first-order valence-corrected chi connectivity index (χ1v) is 8.28. The first kappa shape index (κ1) is 14.9. The molecule has 7 nitrogen and oxygen atoms in total. The van der Waals surface area contributed by atoms with E-state index in [-0.39, 0.29) is 5.13 Å². The minimum Gasteiger partial charge on any atom is -0.258 e. The summed E-state index contributed by atoms with van der Waals surface area (Å²) >= 11 is 4.24. The normalized spacial score (nSPS) is 11.3. The smallest absolute Gasteiger partial charge is 0.258 e. The number of aromatic nitrogens is 1. The van der Waals surface area contributed by atoms with Crippen LogP contribution in [0.3, 0.4) is 0 Å². The van der Waals surface area contributed by atoms with Gasteiger partial charge < -0.3 is 0 Å². The molecule has 106 valence electrons. The second-order valence-electron chi connectivity index (χ2n) is 3.75. The minimum absolute atomic E-state index is 0.164. The van der Waals surface area contributed by atoms with Crippen molar-refractivity contribution in [3.05, 3.63) is 43.9 Å². The number of sulfonamides is 1. The van der Waals surface area contributed by atoms with Crippen LogP contribution in [0.25, 0.3) is 0 Å². The van der Waals surface area contributed by atoms with Crippen molar-refractivity contribution >= 4 is 48.1 Å². The fourth-order valence-electron chi connectivity index (χ4n) is 1.43. The van der Waals surface area contributed by atoms with E-state index >= 15 is 0 Å². The molecule has 0 fully saturated rings. The lowest BCUT2D eigenvalue weighted by molar-refractivity contribution is -0.387. The molecule has 1 aromatic heterocycles. The first-order chi connectivity index (χ1) is 9.29. The molecule has 0 radical (unpaired) electrons. The van der Waals surface area contributed by atoms with Crippen LogP contribution in [-0.2, 0) is 10.0 Å². The summed E-state index contributed by atoms with van der Waals surface area (Å²) in [5.41, 5.74) is -0.492. The molecule has 0 atom stereocenters. The molecule has 20 heavy (non-hydrogen) atoms. The Hall–Kier alpha value is -1.52. The lowest BCUT2D eigenvalue weighted by atomic mass is 10.3. The van der Waals surface area contributed by atoms with Gasteiger partial charge in [0.05, 0.1) is 4.92 Å². The summed E-state index contributed by atoms with van der Waals surface area (Å²) in [6.45, 7) is 1.77. The van der Waals surface area contributed by atoms with Gasteiger partial charge in [-0.15, -0.1) is 11.3 Å². The molecule has 2 rings (SSSR count). The maximum Gasteiger partial charge on any atom is 0.289 e. The molecule has 0 unspecified atom stereocenters. The zero-order chi connectivity index (χ0) is 14.9. The zero-order valence-electron chi connectivity index (χ0n) is 10.0. The SMILES string of the molecule is Cc1cnc(NS(=O)(=O)c2cc(Br)ccc2[N+](=O)[O-])s1. The number of nitro groups is 1. The summed E-state index contributed by atoms with van der Waals surface area (Å²) in [5.74, 6) is 0. The maximum atomic E-state index is 12.2. The second-order valence-corrected chi connectivity index (χ2v) is 7.55. The summed E-state index contributed by atoms with van der Waals surface area (Å²) < 4.78 is 27.1. The number of benzene rings is 1. The fourth-order valence-corrected chi connectivity index (χ4v) is 4.04. The van der Waals surface area contributed by atoms with Gasteiger partial charge in [0, 0.05) is 21.6 Å². The fraction of sp³-hybridized carbons (Fsp3) is 0.100. The number of hydrogen-bond acceptors (Lipinski definition) is 6. The van der Waals surface area contributed by atoms with Gasteiger partial charge in [-0.2, -0.15) is 0 Å². The molecule has 1 N–H and O–H groups in total. The largest absolute Gasteiger partial charge is 0.289 e. The number of nitrogens with one attached hydrogen (secondary N) is 1. The van der Waals surface area contributed by atoms with Crippen LogP contribution in [0.2, 0.25) is 0 Å². The number of anilines is 1. The van der Waals surface area contributed by atoms with Gasteiger partial charge in [-0.1, -0.05) is 15.9 Å². The van der Waals surface area contributed by atoms with E-state index < -0.39 is 25.5 Å². The number of hydrogen-bond donors (Lipinski definition) is 1. The highest BCUT2D eigenvalue weighted by Gasteiger charge is 2.26. The van der Waals surface area contributed by atoms with Crippen molar-refractivity contribution in [3.63, 3.8) is 0 Å². The van der Waals surface area contributed by atoms with Crippen molar-refractivity contribution in [1.29, 1.82) is 0 Å². The Kier molecular flexibility index (Phi) is 4.06. The summed E-state index contributed by atoms with van der Waals surface area (Å²) in [5, 5.41) is 11.1. The Morgan fingerprint density at radius 1 is 1.45 bits per heavy atom. The van der Waals surface area contributed by atoms with Gasteiger partial charge in [0.25, 0.3) is 15.7 Å². The van der Waals surface area contributed by atoms with Gasteiger partial charge in [-0.25, -0.2) is 13.4 Å². The molecule has 2 aromatic rings. The topological polar surface area (TPSA) is 102 Å². The lowest BCUT2D eigenvalue weighted by Crippen LogP contribution is -2.14. The Balaban J connectivity index is 2.48. The van der Waals surface area contributed by atoms with E-state index in [1.165, 1.54) is 18.3 Å². The van der Waals surface area contributed by atoms with Crippen LogP contribution < -0.4 is 4.72 Å². The molecule has 0 saturated carbocycles. The monoisotopic (exact) mass is 377 g/mol. The van der Waals surface area contributed by atoms with Crippen molar-refractivity contribution in [2.75, 3.05) is 4.72 Å². The lowest BCUT2D eigenvalue weighted by Gasteiger charge is -2.06. The van der Waals surface area contributed by atoms with Gasteiger partial charge in [0.15, 0.2) is 10.0 Å². The summed E-state index contributed by atoms with van der Waals surface area (Å²) in [7, 11) is -4.07. The van der Waals surface area contributed by atoms with Crippen LogP contribution in [-0.4, -0.2) is 18.3 Å². The van der Waals surface area contributed by atoms with E-state index in [2.05, 4.69) is 25.6 Å². The Bertz CT molecular complexity index is 773. The van der Waals surface area contributed by atoms with Crippen LogP contribution in [0.5, 0.6) is 0 Å². The van der Waals surface area contributed by atoms with Crippen molar-refractivity contribution in [2.45, 2.75) is 11.8 Å². The van der Waals surface area contributed by atoms with Crippen LogP contribution in [0, 0.1) is 17.0 Å². The van der Waals surface area contributed by atoms with E-state index in [1.54, 1.807) is 6.92 Å². The molecule has 0 spiro atoms. The second kappa shape index (κ2) is 5.46. The zero-order valence-corrected chi connectivity index (χ0v) is 13.3. The average molecular weight is 378 g/mol. The number of thiazole rings is 1. The van der Waals surface area contributed by atoms with Gasteiger partial charge in [0.1, 0.15) is 0 Å². The summed E-state index contributed by atoms with van der Waals surface area (Å²) in [6.07, 6.45) is 1.51.